The highest BCUT2D eigenvalue weighted by Gasteiger charge is 2.20. The summed E-state index contributed by atoms with van der Waals surface area (Å²) in [6, 6.07) is 9.45. The van der Waals surface area contributed by atoms with Gasteiger partial charge in [-0.2, -0.15) is 0 Å². The van der Waals surface area contributed by atoms with Crippen molar-refractivity contribution in [2.45, 2.75) is 11.7 Å². The summed E-state index contributed by atoms with van der Waals surface area (Å²) in [5.74, 6) is 1.44. The zero-order chi connectivity index (χ0) is 24.7. The molecule has 1 N–H and O–H groups in total. The van der Waals surface area contributed by atoms with Crippen molar-refractivity contribution in [2.75, 3.05) is 32.4 Å². The second kappa shape index (κ2) is 11.2. The van der Waals surface area contributed by atoms with E-state index in [1.807, 2.05) is 0 Å². The summed E-state index contributed by atoms with van der Waals surface area (Å²) >= 11 is 1.14. The number of rotatable bonds is 11. The molecular weight excluding hydrogens is 462 g/mol. The van der Waals surface area contributed by atoms with Gasteiger partial charge in [0.05, 0.1) is 32.0 Å². The first-order chi connectivity index (χ1) is 16.4. The van der Waals surface area contributed by atoms with Gasteiger partial charge in [0.2, 0.25) is 11.7 Å². The summed E-state index contributed by atoms with van der Waals surface area (Å²) in [6.07, 6.45) is 1.68. The maximum absolute atomic E-state index is 12.5. The number of benzene rings is 2. The van der Waals surface area contributed by atoms with E-state index in [4.69, 9.17) is 14.2 Å². The first kappa shape index (κ1) is 24.6. The predicted molar refractivity (Wildman–Crippen MR) is 128 cm³/mol. The minimum absolute atomic E-state index is 0.0312. The van der Waals surface area contributed by atoms with Crippen molar-refractivity contribution in [3.05, 3.63) is 59.2 Å². The molecule has 0 aliphatic heterocycles. The Kier molecular flexibility index (Phi) is 8.09. The van der Waals surface area contributed by atoms with Crippen LogP contribution in [0.4, 0.5) is 11.4 Å². The molecule has 2 aromatic carbocycles. The minimum Gasteiger partial charge on any atom is -0.493 e. The fourth-order valence-electron chi connectivity index (χ4n) is 3.17. The van der Waals surface area contributed by atoms with Gasteiger partial charge in [-0.05, 0) is 18.2 Å². The monoisotopic (exact) mass is 485 g/mol. The molecule has 0 saturated carbocycles. The third-order valence-corrected chi connectivity index (χ3v) is 5.63. The molecule has 3 rings (SSSR count). The Hall–Kier alpha value is -4.06. The molecule has 11 nitrogen and oxygen atoms in total. The number of carbonyl (C=O) groups excluding carboxylic acids is 1. The Morgan fingerprint density at radius 2 is 1.85 bits per heavy atom. The van der Waals surface area contributed by atoms with Gasteiger partial charge in [0.25, 0.3) is 5.69 Å². The Morgan fingerprint density at radius 3 is 2.44 bits per heavy atom. The number of nitro benzene ring substituents is 1. The molecule has 178 valence electrons. The number of anilines is 1. The fourth-order valence-corrected chi connectivity index (χ4v) is 3.92. The lowest BCUT2D eigenvalue weighted by Crippen LogP contribution is -2.15. The summed E-state index contributed by atoms with van der Waals surface area (Å²) < 4.78 is 18.0. The number of carbonyl (C=O) groups is 1. The van der Waals surface area contributed by atoms with Crippen LogP contribution in [0.3, 0.4) is 0 Å². The lowest BCUT2D eigenvalue weighted by atomic mass is 10.1. The number of hydrogen-bond acceptors (Lipinski definition) is 9. The number of ether oxygens (including phenoxy) is 3. The Labute approximate surface area is 199 Å². The summed E-state index contributed by atoms with van der Waals surface area (Å²) in [5.41, 5.74) is 0.615. The van der Waals surface area contributed by atoms with E-state index in [1.165, 1.54) is 39.5 Å². The van der Waals surface area contributed by atoms with E-state index in [9.17, 15) is 14.9 Å². The highest BCUT2D eigenvalue weighted by atomic mass is 32.2. The van der Waals surface area contributed by atoms with Crippen LogP contribution < -0.4 is 19.5 Å². The predicted octanol–water partition coefficient (Wildman–Crippen LogP) is 3.80. The van der Waals surface area contributed by atoms with Crippen LogP contribution in [0.2, 0.25) is 0 Å². The number of nitrogens with one attached hydrogen (secondary N) is 1. The average molecular weight is 486 g/mol. The first-order valence-electron chi connectivity index (χ1n) is 9.94. The van der Waals surface area contributed by atoms with Gasteiger partial charge >= 0.3 is 0 Å². The zero-order valence-corrected chi connectivity index (χ0v) is 19.6. The summed E-state index contributed by atoms with van der Waals surface area (Å²) in [5, 5.41) is 22.7. The van der Waals surface area contributed by atoms with Crippen LogP contribution in [-0.4, -0.2) is 52.7 Å². The lowest BCUT2D eigenvalue weighted by Gasteiger charge is -2.14. The van der Waals surface area contributed by atoms with E-state index in [0.717, 1.165) is 11.8 Å². The van der Waals surface area contributed by atoms with Crippen molar-refractivity contribution in [1.82, 2.24) is 14.8 Å². The topological polar surface area (TPSA) is 131 Å². The number of methoxy groups -OCH3 is 3. The molecule has 1 heterocycles. The molecule has 0 bridgehead atoms. The van der Waals surface area contributed by atoms with Crippen molar-refractivity contribution in [3.8, 4) is 28.6 Å². The molecule has 3 aromatic rings. The number of nitrogens with zero attached hydrogens (tertiary/aromatic N) is 4. The SMILES string of the molecule is C=CCn1c(SCC(=O)Nc2ccccc2[N+](=O)[O-])nnc1-c1cc(OC)c(OC)c(OC)c1. The van der Waals surface area contributed by atoms with Gasteiger partial charge in [0.1, 0.15) is 5.69 Å². The van der Waals surface area contributed by atoms with Crippen molar-refractivity contribution in [3.63, 3.8) is 0 Å². The van der Waals surface area contributed by atoms with Crippen molar-refractivity contribution in [1.29, 1.82) is 0 Å². The molecule has 0 saturated heterocycles. The smallest absolute Gasteiger partial charge is 0.292 e. The molecule has 0 atom stereocenters. The van der Waals surface area contributed by atoms with Crippen LogP contribution in [0.25, 0.3) is 11.4 Å². The largest absolute Gasteiger partial charge is 0.493 e. The normalized spacial score (nSPS) is 10.4. The standard InChI is InChI=1S/C22H23N5O6S/c1-5-10-26-21(14-11-17(31-2)20(33-4)18(12-14)32-3)24-25-22(26)34-13-19(28)23-15-8-6-7-9-16(15)27(29)30/h5-9,11-12H,1,10,13H2,2-4H3,(H,23,28). The van der Waals surface area contributed by atoms with Gasteiger partial charge in [0.15, 0.2) is 22.5 Å². The number of thioether (sulfide) groups is 1. The molecule has 0 unspecified atom stereocenters. The molecule has 1 aromatic heterocycles. The van der Waals surface area contributed by atoms with Gasteiger partial charge in [-0.1, -0.05) is 30.0 Å². The molecule has 0 spiro atoms. The highest BCUT2D eigenvalue weighted by molar-refractivity contribution is 7.99. The van der Waals surface area contributed by atoms with Gasteiger partial charge in [-0.25, -0.2) is 0 Å². The second-order valence-electron chi connectivity index (χ2n) is 6.73. The molecule has 1 amide bonds. The Bertz CT molecular complexity index is 1190. The van der Waals surface area contributed by atoms with E-state index in [0.29, 0.717) is 40.3 Å². The molecular formula is C22H23N5O6S. The molecule has 0 aliphatic rings. The van der Waals surface area contributed by atoms with Gasteiger partial charge in [-0.3, -0.25) is 19.5 Å². The number of allylic oxidation sites excluding steroid dienone is 1. The van der Waals surface area contributed by atoms with E-state index in [1.54, 1.807) is 28.8 Å². The number of aromatic nitrogens is 3. The van der Waals surface area contributed by atoms with Crippen molar-refractivity contribution in [2.24, 2.45) is 0 Å². The van der Waals surface area contributed by atoms with E-state index < -0.39 is 10.8 Å². The van der Waals surface area contributed by atoms with Crippen molar-refractivity contribution < 1.29 is 23.9 Å². The second-order valence-corrected chi connectivity index (χ2v) is 7.67. The Morgan fingerprint density at radius 1 is 1.18 bits per heavy atom. The molecule has 34 heavy (non-hydrogen) atoms. The Balaban J connectivity index is 1.84. The van der Waals surface area contributed by atoms with E-state index in [2.05, 4.69) is 22.1 Å². The van der Waals surface area contributed by atoms with Gasteiger partial charge < -0.3 is 19.5 Å². The maximum atomic E-state index is 12.5. The molecule has 0 radical (unpaired) electrons. The zero-order valence-electron chi connectivity index (χ0n) is 18.8. The van der Waals surface area contributed by atoms with Gasteiger partial charge in [0, 0.05) is 18.2 Å². The summed E-state index contributed by atoms with van der Waals surface area (Å²) in [7, 11) is 4.56. The summed E-state index contributed by atoms with van der Waals surface area (Å²) in [4.78, 5) is 23.1. The fraction of sp³-hybridized carbons (Fsp3) is 0.227. The summed E-state index contributed by atoms with van der Waals surface area (Å²) in [6.45, 7) is 4.17. The minimum atomic E-state index is -0.548. The maximum Gasteiger partial charge on any atom is 0.292 e. The van der Waals surface area contributed by atoms with Crippen LogP contribution in [0.5, 0.6) is 17.2 Å². The third kappa shape index (κ3) is 5.29. The van der Waals surface area contributed by atoms with Crippen LogP contribution in [0, 0.1) is 10.1 Å². The van der Waals surface area contributed by atoms with Crippen LogP contribution in [0.1, 0.15) is 0 Å². The highest BCUT2D eigenvalue weighted by Crippen LogP contribution is 2.41. The number of hydrogen-bond donors (Lipinski definition) is 1. The third-order valence-electron chi connectivity index (χ3n) is 4.66. The van der Waals surface area contributed by atoms with Crippen LogP contribution in [0.15, 0.2) is 54.2 Å². The average Bonchev–Trinajstić information content (AvgIpc) is 3.24. The van der Waals surface area contributed by atoms with Gasteiger partial charge in [-0.15, -0.1) is 16.8 Å². The van der Waals surface area contributed by atoms with E-state index in [-0.39, 0.29) is 17.1 Å². The number of para-hydroxylation sites is 2. The number of amides is 1. The van der Waals surface area contributed by atoms with E-state index >= 15 is 0 Å². The quantitative estimate of drug-likeness (QED) is 0.186. The number of nitro groups is 1. The van der Waals surface area contributed by atoms with Crippen LogP contribution >= 0.6 is 11.8 Å². The molecule has 0 fully saturated rings. The first-order valence-corrected chi connectivity index (χ1v) is 10.9. The van der Waals surface area contributed by atoms with Crippen LogP contribution in [-0.2, 0) is 11.3 Å². The lowest BCUT2D eigenvalue weighted by molar-refractivity contribution is -0.383. The molecule has 0 aliphatic carbocycles. The molecule has 12 heteroatoms. The van der Waals surface area contributed by atoms with Crippen molar-refractivity contribution >= 4 is 29.0 Å².